The third-order valence-corrected chi connectivity index (χ3v) is 7.45. The third-order valence-electron chi connectivity index (χ3n) is 6.22. The first-order valence-corrected chi connectivity index (χ1v) is 13.5. The van der Waals surface area contributed by atoms with E-state index in [0.29, 0.717) is 38.0 Å². The molecule has 1 aliphatic heterocycles. The average Bonchev–Trinajstić information content (AvgIpc) is 3.23. The number of ether oxygens (including phenoxy) is 2. The Kier molecular flexibility index (Phi) is 7.77. The minimum Gasteiger partial charge on any atom is -0.488 e. The van der Waals surface area contributed by atoms with Gasteiger partial charge in [-0.25, -0.2) is 14.2 Å². The van der Waals surface area contributed by atoms with Crippen LogP contribution in [0, 0.1) is 5.82 Å². The summed E-state index contributed by atoms with van der Waals surface area (Å²) in [5, 5.41) is 0.648. The SMILES string of the molecule is CCOC(=O)C1=C(C)N=c2s/c(=C/c3ccccc3OCc3ccc(Cl)cc3)c(=O)n2[C@H]1c1ccc(F)cc1. The maximum absolute atomic E-state index is 13.8. The van der Waals surface area contributed by atoms with Crippen LogP contribution in [0.3, 0.4) is 0 Å². The number of carbonyl (C=O) groups is 1. The molecule has 3 aromatic carbocycles. The van der Waals surface area contributed by atoms with E-state index in [1.807, 2.05) is 36.4 Å². The van der Waals surface area contributed by atoms with Gasteiger partial charge in [0.25, 0.3) is 5.56 Å². The van der Waals surface area contributed by atoms with Gasteiger partial charge in [-0.3, -0.25) is 9.36 Å². The number of nitrogens with zero attached hydrogens (tertiary/aromatic N) is 2. The minimum atomic E-state index is -0.806. The summed E-state index contributed by atoms with van der Waals surface area (Å²) in [5.41, 5.74) is 2.62. The predicted molar refractivity (Wildman–Crippen MR) is 149 cm³/mol. The van der Waals surface area contributed by atoms with Crippen molar-refractivity contribution in [3.05, 3.63) is 131 Å². The van der Waals surface area contributed by atoms with Crippen molar-refractivity contribution >= 4 is 35.0 Å². The molecule has 0 radical (unpaired) electrons. The van der Waals surface area contributed by atoms with Gasteiger partial charge in [0.2, 0.25) is 0 Å². The van der Waals surface area contributed by atoms with Crippen molar-refractivity contribution in [1.82, 2.24) is 4.57 Å². The predicted octanol–water partition coefficient (Wildman–Crippen LogP) is 5.17. The molecule has 0 bridgehead atoms. The topological polar surface area (TPSA) is 69.9 Å². The van der Waals surface area contributed by atoms with E-state index in [1.54, 1.807) is 44.2 Å². The number of aromatic nitrogens is 1. The van der Waals surface area contributed by atoms with Gasteiger partial charge in [-0.1, -0.05) is 65.4 Å². The standard InChI is InChI=1S/C30H24ClFN2O4S/c1-3-37-29(36)26-18(2)33-30-34(27(26)20-10-14-23(32)15-11-20)28(35)25(39-30)16-21-6-4-5-7-24(21)38-17-19-8-12-22(31)13-9-19/h4-16,27H,3,17H2,1-2H3/b25-16+/t27-/m0/s1. The van der Waals surface area contributed by atoms with E-state index in [2.05, 4.69) is 4.99 Å². The number of hydrogen-bond acceptors (Lipinski definition) is 6. The summed E-state index contributed by atoms with van der Waals surface area (Å²) in [6.45, 7) is 3.92. The first-order valence-electron chi connectivity index (χ1n) is 12.3. The smallest absolute Gasteiger partial charge is 0.338 e. The zero-order valence-corrected chi connectivity index (χ0v) is 22.8. The maximum atomic E-state index is 13.8. The summed E-state index contributed by atoms with van der Waals surface area (Å²) in [6.07, 6.45) is 1.76. The van der Waals surface area contributed by atoms with Crippen molar-refractivity contribution < 1.29 is 18.7 Å². The van der Waals surface area contributed by atoms with Gasteiger partial charge >= 0.3 is 5.97 Å². The van der Waals surface area contributed by atoms with Crippen LogP contribution in [0.2, 0.25) is 5.02 Å². The second-order valence-corrected chi connectivity index (χ2v) is 10.3. The van der Waals surface area contributed by atoms with E-state index in [4.69, 9.17) is 21.1 Å². The molecule has 0 aliphatic carbocycles. The van der Waals surface area contributed by atoms with Crippen molar-refractivity contribution in [2.45, 2.75) is 26.5 Å². The van der Waals surface area contributed by atoms with Crippen LogP contribution >= 0.6 is 22.9 Å². The van der Waals surface area contributed by atoms with E-state index in [0.717, 1.165) is 11.1 Å². The highest BCUT2D eigenvalue weighted by atomic mass is 35.5. The Balaban J connectivity index is 1.59. The second-order valence-electron chi connectivity index (χ2n) is 8.81. The Hall–Kier alpha value is -4.01. The third kappa shape index (κ3) is 5.57. The Morgan fingerprint density at radius 2 is 1.82 bits per heavy atom. The summed E-state index contributed by atoms with van der Waals surface area (Å²) < 4.78 is 27.0. The molecule has 0 fully saturated rings. The van der Waals surface area contributed by atoms with Gasteiger partial charge in [0.15, 0.2) is 4.80 Å². The molecule has 9 heteroatoms. The average molecular weight is 563 g/mol. The molecule has 0 saturated carbocycles. The van der Waals surface area contributed by atoms with Gasteiger partial charge < -0.3 is 9.47 Å². The fourth-order valence-electron chi connectivity index (χ4n) is 4.37. The highest BCUT2D eigenvalue weighted by molar-refractivity contribution is 7.07. The Morgan fingerprint density at radius 3 is 2.54 bits per heavy atom. The monoisotopic (exact) mass is 562 g/mol. The molecule has 1 aliphatic rings. The largest absolute Gasteiger partial charge is 0.488 e. The zero-order valence-electron chi connectivity index (χ0n) is 21.2. The van der Waals surface area contributed by atoms with Gasteiger partial charge in [-0.05, 0) is 61.4 Å². The normalized spacial score (nSPS) is 15.1. The molecule has 0 N–H and O–H groups in total. The lowest BCUT2D eigenvalue weighted by Crippen LogP contribution is -2.39. The van der Waals surface area contributed by atoms with Crippen LogP contribution in [-0.2, 0) is 16.1 Å². The van der Waals surface area contributed by atoms with Crippen LogP contribution in [-0.4, -0.2) is 17.1 Å². The molecule has 0 saturated heterocycles. The number of para-hydroxylation sites is 1. The molecule has 1 atom stereocenters. The number of carbonyl (C=O) groups excluding carboxylic acids is 1. The van der Waals surface area contributed by atoms with Gasteiger partial charge in [-0.2, -0.15) is 0 Å². The van der Waals surface area contributed by atoms with Crippen LogP contribution in [0.5, 0.6) is 5.75 Å². The van der Waals surface area contributed by atoms with Gasteiger partial charge in [0.05, 0.1) is 28.5 Å². The first-order chi connectivity index (χ1) is 18.9. The lowest BCUT2D eigenvalue weighted by atomic mass is 9.96. The Bertz CT molecular complexity index is 1740. The van der Waals surface area contributed by atoms with E-state index in [1.165, 1.54) is 28.0 Å². The Labute approximate surface area is 232 Å². The number of allylic oxidation sites excluding steroid dienone is 1. The molecule has 0 spiro atoms. The summed E-state index contributed by atoms with van der Waals surface area (Å²) in [4.78, 5) is 31.8. The first kappa shape index (κ1) is 26.6. The van der Waals surface area contributed by atoms with Crippen molar-refractivity contribution in [3.8, 4) is 5.75 Å². The molecule has 0 amide bonds. The molecule has 1 aromatic heterocycles. The molecule has 5 rings (SSSR count). The van der Waals surface area contributed by atoms with Gasteiger partial charge in [0.1, 0.15) is 18.2 Å². The molecule has 2 heterocycles. The molecule has 198 valence electrons. The van der Waals surface area contributed by atoms with Gasteiger partial charge in [0, 0.05) is 10.6 Å². The number of benzene rings is 3. The van der Waals surface area contributed by atoms with Crippen LogP contribution in [0.15, 0.2) is 93.9 Å². The van der Waals surface area contributed by atoms with Crippen molar-refractivity contribution in [2.75, 3.05) is 6.61 Å². The van der Waals surface area contributed by atoms with Crippen LogP contribution in [0.25, 0.3) is 6.08 Å². The minimum absolute atomic E-state index is 0.170. The Morgan fingerprint density at radius 1 is 1.10 bits per heavy atom. The van der Waals surface area contributed by atoms with Gasteiger partial charge in [-0.15, -0.1) is 0 Å². The highest BCUT2D eigenvalue weighted by Crippen LogP contribution is 2.31. The van der Waals surface area contributed by atoms with Crippen LogP contribution in [0.1, 0.15) is 36.6 Å². The number of thiazole rings is 1. The highest BCUT2D eigenvalue weighted by Gasteiger charge is 2.33. The summed E-state index contributed by atoms with van der Waals surface area (Å²) in [7, 11) is 0. The summed E-state index contributed by atoms with van der Waals surface area (Å²) in [5.74, 6) is -0.375. The molecule has 6 nitrogen and oxygen atoms in total. The number of fused-ring (bicyclic) bond motifs is 1. The van der Waals surface area contributed by atoms with Crippen molar-refractivity contribution in [1.29, 1.82) is 0 Å². The summed E-state index contributed by atoms with van der Waals surface area (Å²) in [6, 6.07) is 19.7. The van der Waals surface area contributed by atoms with E-state index in [9.17, 15) is 14.0 Å². The van der Waals surface area contributed by atoms with E-state index in [-0.39, 0.29) is 17.7 Å². The fraction of sp³-hybridized carbons (Fsp3) is 0.167. The van der Waals surface area contributed by atoms with E-state index >= 15 is 0 Å². The van der Waals surface area contributed by atoms with Crippen molar-refractivity contribution in [2.24, 2.45) is 4.99 Å². The molecule has 0 unspecified atom stereocenters. The molecular weight excluding hydrogens is 539 g/mol. The molecule has 4 aromatic rings. The number of halogens is 2. The molecular formula is C30H24ClFN2O4S. The number of esters is 1. The summed E-state index contributed by atoms with van der Waals surface area (Å²) >= 11 is 7.19. The van der Waals surface area contributed by atoms with Crippen LogP contribution < -0.4 is 19.6 Å². The lowest BCUT2D eigenvalue weighted by Gasteiger charge is -2.24. The van der Waals surface area contributed by atoms with E-state index < -0.39 is 17.8 Å². The van der Waals surface area contributed by atoms with Crippen molar-refractivity contribution in [3.63, 3.8) is 0 Å². The lowest BCUT2D eigenvalue weighted by molar-refractivity contribution is -0.139. The molecule has 39 heavy (non-hydrogen) atoms. The number of rotatable bonds is 7. The number of hydrogen-bond donors (Lipinski definition) is 0. The quantitative estimate of drug-likeness (QED) is 0.291. The fourth-order valence-corrected chi connectivity index (χ4v) is 5.53. The second kappa shape index (κ2) is 11.4. The van der Waals surface area contributed by atoms with Crippen LogP contribution in [0.4, 0.5) is 4.39 Å². The zero-order chi connectivity index (χ0) is 27.5. The maximum Gasteiger partial charge on any atom is 0.338 e.